The number of aliphatic hydroxyl groups is 1. The van der Waals surface area contributed by atoms with Crippen LogP contribution in [0.5, 0.6) is 0 Å². The van der Waals surface area contributed by atoms with Crippen molar-refractivity contribution < 1.29 is 9.90 Å². The normalized spacial score (nSPS) is 11.7. The van der Waals surface area contributed by atoms with Crippen LogP contribution in [0.25, 0.3) is 0 Å². The van der Waals surface area contributed by atoms with Crippen molar-refractivity contribution >= 4 is 11.7 Å². The van der Waals surface area contributed by atoms with Gasteiger partial charge in [-0.25, -0.2) is 0 Å². The lowest BCUT2D eigenvalue weighted by Gasteiger charge is -2.19. The van der Waals surface area contributed by atoms with Crippen molar-refractivity contribution in [3.05, 3.63) is 29.6 Å². The third-order valence-corrected chi connectivity index (χ3v) is 3.33. The first-order valence-corrected chi connectivity index (χ1v) is 7.48. The SMILES string of the molecule is CCC(C)(C)N=C(Cc1cncc(C(=O)NCCO)c1)NC#N. The number of rotatable bonds is 7. The number of aliphatic hydroxyl groups excluding tert-OH is 1. The maximum atomic E-state index is 11.9. The number of carbonyl (C=O) groups excluding carboxylic acids is 1. The molecule has 23 heavy (non-hydrogen) atoms. The Morgan fingerprint density at radius 1 is 1.48 bits per heavy atom. The highest BCUT2D eigenvalue weighted by atomic mass is 16.3. The van der Waals surface area contributed by atoms with E-state index in [4.69, 9.17) is 10.4 Å². The predicted octanol–water partition coefficient (Wildman–Crippen LogP) is 1.00. The van der Waals surface area contributed by atoms with Crippen molar-refractivity contribution in [3.8, 4) is 6.19 Å². The molecular formula is C16H23N5O2. The number of nitriles is 1. The van der Waals surface area contributed by atoms with Gasteiger partial charge in [-0.1, -0.05) is 6.92 Å². The molecular weight excluding hydrogens is 294 g/mol. The topological polar surface area (TPSA) is 110 Å². The highest BCUT2D eigenvalue weighted by Crippen LogP contribution is 2.14. The lowest BCUT2D eigenvalue weighted by molar-refractivity contribution is 0.0944. The molecule has 0 saturated carbocycles. The Hall–Kier alpha value is -2.46. The molecule has 7 nitrogen and oxygen atoms in total. The maximum Gasteiger partial charge on any atom is 0.252 e. The van der Waals surface area contributed by atoms with E-state index in [1.165, 1.54) is 6.20 Å². The van der Waals surface area contributed by atoms with E-state index < -0.39 is 0 Å². The van der Waals surface area contributed by atoms with Crippen molar-refractivity contribution in [2.24, 2.45) is 4.99 Å². The number of carbonyl (C=O) groups is 1. The third-order valence-electron chi connectivity index (χ3n) is 3.33. The minimum absolute atomic E-state index is 0.117. The molecule has 0 bridgehead atoms. The Labute approximate surface area is 136 Å². The molecule has 1 aromatic rings. The summed E-state index contributed by atoms with van der Waals surface area (Å²) < 4.78 is 0. The van der Waals surface area contributed by atoms with Gasteiger partial charge in [-0.05, 0) is 31.9 Å². The Balaban J connectivity index is 2.93. The zero-order valence-corrected chi connectivity index (χ0v) is 13.8. The monoisotopic (exact) mass is 317 g/mol. The van der Waals surface area contributed by atoms with Gasteiger partial charge in [0, 0.05) is 25.4 Å². The summed E-state index contributed by atoms with van der Waals surface area (Å²) in [5.74, 6) is 0.239. The van der Waals surface area contributed by atoms with Gasteiger partial charge in [0.1, 0.15) is 5.84 Å². The number of hydrogen-bond donors (Lipinski definition) is 3. The summed E-state index contributed by atoms with van der Waals surface area (Å²) in [7, 11) is 0. The van der Waals surface area contributed by atoms with Crippen molar-refractivity contribution in [1.29, 1.82) is 5.26 Å². The Morgan fingerprint density at radius 3 is 2.83 bits per heavy atom. The fourth-order valence-electron chi connectivity index (χ4n) is 1.79. The minimum atomic E-state index is -0.297. The first-order chi connectivity index (χ1) is 10.9. The van der Waals surface area contributed by atoms with Crippen molar-refractivity contribution in [1.82, 2.24) is 15.6 Å². The molecule has 0 aliphatic rings. The molecule has 0 fully saturated rings. The number of aliphatic imine (C=N–C) groups is 1. The molecule has 0 radical (unpaired) electrons. The molecule has 0 saturated heterocycles. The van der Waals surface area contributed by atoms with E-state index in [2.05, 4.69) is 20.6 Å². The standard InChI is InChI=1S/C16H23N5O2/c1-4-16(2,3)21-14(20-11-17)8-12-7-13(10-18-9-12)15(23)19-5-6-22/h7,9-10,22H,4-6,8H2,1-3H3,(H,19,23)(H,20,21). The van der Waals surface area contributed by atoms with Crippen LogP contribution in [0.3, 0.4) is 0 Å². The van der Waals surface area contributed by atoms with Gasteiger partial charge >= 0.3 is 0 Å². The summed E-state index contributed by atoms with van der Waals surface area (Å²) >= 11 is 0. The van der Waals surface area contributed by atoms with Gasteiger partial charge in [0.15, 0.2) is 6.19 Å². The minimum Gasteiger partial charge on any atom is -0.395 e. The second kappa shape index (κ2) is 8.86. The van der Waals surface area contributed by atoms with Gasteiger partial charge < -0.3 is 10.4 Å². The van der Waals surface area contributed by atoms with E-state index in [1.54, 1.807) is 12.3 Å². The molecule has 7 heteroatoms. The zero-order valence-electron chi connectivity index (χ0n) is 13.8. The van der Waals surface area contributed by atoms with E-state index in [0.29, 0.717) is 17.8 Å². The highest BCUT2D eigenvalue weighted by Gasteiger charge is 2.15. The van der Waals surface area contributed by atoms with Gasteiger partial charge in [0.05, 0.1) is 17.7 Å². The number of aromatic nitrogens is 1. The summed E-state index contributed by atoms with van der Waals surface area (Å²) in [6, 6.07) is 1.70. The molecule has 124 valence electrons. The number of pyridine rings is 1. The molecule has 0 aliphatic heterocycles. The number of amides is 1. The lowest BCUT2D eigenvalue weighted by atomic mass is 10.0. The molecule has 0 aromatic carbocycles. The van der Waals surface area contributed by atoms with E-state index in [1.807, 2.05) is 27.0 Å². The third kappa shape index (κ3) is 6.45. The van der Waals surface area contributed by atoms with Gasteiger partial charge in [0.25, 0.3) is 5.91 Å². The Kier molecular flexibility index (Phi) is 7.16. The molecule has 1 amide bonds. The fourth-order valence-corrected chi connectivity index (χ4v) is 1.79. The fraction of sp³-hybridized carbons (Fsp3) is 0.500. The van der Waals surface area contributed by atoms with Crippen LogP contribution in [0.1, 0.15) is 43.1 Å². The van der Waals surface area contributed by atoms with Crippen LogP contribution in [0.15, 0.2) is 23.5 Å². The van der Waals surface area contributed by atoms with E-state index in [0.717, 1.165) is 12.0 Å². The quantitative estimate of drug-likeness (QED) is 0.301. The molecule has 3 N–H and O–H groups in total. The Morgan fingerprint density at radius 2 is 2.22 bits per heavy atom. The average molecular weight is 317 g/mol. The zero-order chi connectivity index (χ0) is 17.3. The highest BCUT2D eigenvalue weighted by molar-refractivity contribution is 5.94. The molecule has 0 spiro atoms. The average Bonchev–Trinajstić information content (AvgIpc) is 2.52. The summed E-state index contributed by atoms with van der Waals surface area (Å²) in [5.41, 5.74) is 0.903. The first kappa shape index (κ1) is 18.6. The number of nitrogens with one attached hydrogen (secondary N) is 2. The van der Waals surface area contributed by atoms with Crippen LogP contribution in [0, 0.1) is 11.5 Å². The van der Waals surface area contributed by atoms with Gasteiger partial charge in [0.2, 0.25) is 0 Å². The smallest absolute Gasteiger partial charge is 0.252 e. The van der Waals surface area contributed by atoms with E-state index >= 15 is 0 Å². The van der Waals surface area contributed by atoms with Crippen molar-refractivity contribution in [3.63, 3.8) is 0 Å². The van der Waals surface area contributed by atoms with Crippen LogP contribution in [-0.2, 0) is 6.42 Å². The number of nitrogens with zero attached hydrogens (tertiary/aromatic N) is 3. The summed E-state index contributed by atoms with van der Waals surface area (Å²) in [5, 5.41) is 22.8. The van der Waals surface area contributed by atoms with Crippen LogP contribution in [-0.4, -0.2) is 40.5 Å². The molecule has 0 atom stereocenters. The lowest BCUT2D eigenvalue weighted by Crippen LogP contribution is -2.28. The second-order valence-electron chi connectivity index (χ2n) is 5.70. The molecule has 1 heterocycles. The summed E-state index contributed by atoms with van der Waals surface area (Å²) in [6.07, 6.45) is 6.20. The first-order valence-electron chi connectivity index (χ1n) is 7.48. The molecule has 1 rings (SSSR count). The summed E-state index contributed by atoms with van der Waals surface area (Å²) in [4.78, 5) is 20.5. The second-order valence-corrected chi connectivity index (χ2v) is 5.70. The predicted molar refractivity (Wildman–Crippen MR) is 87.9 cm³/mol. The van der Waals surface area contributed by atoms with Crippen LogP contribution in [0.4, 0.5) is 0 Å². The van der Waals surface area contributed by atoms with E-state index in [-0.39, 0.29) is 24.6 Å². The Bertz CT molecular complexity index is 605. The molecule has 0 unspecified atom stereocenters. The maximum absolute atomic E-state index is 11.9. The van der Waals surface area contributed by atoms with Gasteiger partial charge in [-0.15, -0.1) is 0 Å². The van der Waals surface area contributed by atoms with Crippen molar-refractivity contribution in [2.75, 3.05) is 13.2 Å². The summed E-state index contributed by atoms with van der Waals surface area (Å²) in [6.45, 7) is 6.08. The van der Waals surface area contributed by atoms with Gasteiger partial charge in [-0.3, -0.25) is 20.1 Å². The van der Waals surface area contributed by atoms with Crippen LogP contribution < -0.4 is 10.6 Å². The van der Waals surface area contributed by atoms with Gasteiger partial charge in [-0.2, -0.15) is 5.26 Å². The van der Waals surface area contributed by atoms with E-state index in [9.17, 15) is 4.79 Å². The number of amidine groups is 1. The molecule has 0 aliphatic carbocycles. The van der Waals surface area contributed by atoms with Crippen LogP contribution in [0.2, 0.25) is 0 Å². The molecule has 1 aromatic heterocycles. The van der Waals surface area contributed by atoms with Crippen molar-refractivity contribution in [2.45, 2.75) is 39.2 Å². The largest absolute Gasteiger partial charge is 0.395 e. The van der Waals surface area contributed by atoms with Crippen LogP contribution >= 0.6 is 0 Å². The number of hydrogen-bond acceptors (Lipinski definition) is 5.